The van der Waals surface area contributed by atoms with Gasteiger partial charge >= 0.3 is 0 Å². The van der Waals surface area contributed by atoms with Crippen LogP contribution in [-0.4, -0.2) is 45.1 Å². The SMILES string of the molecule is CC(CON=C(C(C)C)C(C)C)CC(C)(C)N1C(=O)CC(SC(C)C)C1=O. The normalized spacial score (nSPS) is 19.4. The Bertz CT molecular complexity index is 546. The van der Waals surface area contributed by atoms with Crippen molar-refractivity contribution in [3.8, 4) is 0 Å². The second-order valence-corrected chi connectivity index (χ2v) is 11.0. The lowest BCUT2D eigenvalue weighted by Gasteiger charge is -2.36. The van der Waals surface area contributed by atoms with Crippen LogP contribution in [0.3, 0.4) is 0 Å². The van der Waals surface area contributed by atoms with Gasteiger partial charge in [0.1, 0.15) is 6.61 Å². The van der Waals surface area contributed by atoms with Crippen LogP contribution < -0.4 is 0 Å². The average molecular weight is 399 g/mol. The molecule has 0 spiro atoms. The summed E-state index contributed by atoms with van der Waals surface area (Å²) < 4.78 is 0. The smallest absolute Gasteiger partial charge is 0.243 e. The Morgan fingerprint density at radius 3 is 2.19 bits per heavy atom. The van der Waals surface area contributed by atoms with Gasteiger partial charge in [-0.25, -0.2) is 0 Å². The predicted molar refractivity (Wildman–Crippen MR) is 114 cm³/mol. The maximum absolute atomic E-state index is 12.8. The molecule has 1 aliphatic heterocycles. The van der Waals surface area contributed by atoms with Gasteiger partial charge in [0.25, 0.3) is 0 Å². The number of carbonyl (C=O) groups excluding carboxylic acids is 2. The van der Waals surface area contributed by atoms with Crippen molar-refractivity contribution < 1.29 is 14.4 Å². The van der Waals surface area contributed by atoms with Crippen molar-refractivity contribution in [2.24, 2.45) is 22.9 Å². The van der Waals surface area contributed by atoms with Gasteiger partial charge < -0.3 is 4.84 Å². The summed E-state index contributed by atoms with van der Waals surface area (Å²) in [6.45, 7) is 19.1. The molecule has 0 bridgehead atoms. The number of nitrogens with zero attached hydrogens (tertiary/aromatic N) is 2. The Morgan fingerprint density at radius 1 is 1.15 bits per heavy atom. The van der Waals surface area contributed by atoms with Gasteiger partial charge in [-0.05, 0) is 43.3 Å². The minimum atomic E-state index is -0.522. The van der Waals surface area contributed by atoms with Gasteiger partial charge in [-0.1, -0.05) is 53.6 Å². The fourth-order valence-electron chi connectivity index (χ4n) is 3.79. The van der Waals surface area contributed by atoms with Crippen molar-refractivity contribution in [2.45, 2.75) is 91.2 Å². The van der Waals surface area contributed by atoms with E-state index < -0.39 is 5.54 Å². The number of carbonyl (C=O) groups is 2. The third-order valence-electron chi connectivity index (χ3n) is 4.71. The number of thioether (sulfide) groups is 1. The van der Waals surface area contributed by atoms with E-state index in [9.17, 15) is 9.59 Å². The molecule has 0 saturated carbocycles. The molecule has 1 aliphatic rings. The van der Waals surface area contributed by atoms with E-state index in [-0.39, 0.29) is 23.0 Å². The van der Waals surface area contributed by atoms with Gasteiger partial charge in [-0.3, -0.25) is 14.5 Å². The summed E-state index contributed by atoms with van der Waals surface area (Å²) in [5.41, 5.74) is 0.534. The van der Waals surface area contributed by atoms with Gasteiger partial charge in [0.05, 0.1) is 11.0 Å². The second kappa shape index (κ2) is 9.94. The van der Waals surface area contributed by atoms with E-state index in [1.807, 2.05) is 13.8 Å². The molecule has 0 aromatic heterocycles. The highest BCUT2D eigenvalue weighted by Crippen LogP contribution is 2.35. The summed E-state index contributed by atoms with van der Waals surface area (Å²) >= 11 is 1.58. The molecule has 2 atom stereocenters. The fraction of sp³-hybridized carbons (Fsp3) is 0.857. The van der Waals surface area contributed by atoms with Crippen LogP contribution in [0.2, 0.25) is 0 Å². The van der Waals surface area contributed by atoms with Crippen LogP contribution in [0, 0.1) is 17.8 Å². The number of imide groups is 1. The molecule has 2 unspecified atom stereocenters. The summed E-state index contributed by atoms with van der Waals surface area (Å²) in [6.07, 6.45) is 1.00. The highest BCUT2D eigenvalue weighted by atomic mass is 32.2. The van der Waals surface area contributed by atoms with Crippen molar-refractivity contribution in [3.05, 3.63) is 0 Å². The molecule has 0 aliphatic carbocycles. The molecular formula is C21H38N2O3S. The van der Waals surface area contributed by atoms with Crippen LogP contribution in [0.1, 0.15) is 75.2 Å². The summed E-state index contributed by atoms with van der Waals surface area (Å²) in [5.74, 6) is 0.786. The number of amides is 2. The zero-order chi connectivity index (χ0) is 20.9. The van der Waals surface area contributed by atoms with E-state index in [4.69, 9.17) is 4.84 Å². The standard InChI is InChI=1S/C21H38N2O3S/c1-13(2)19(14(3)4)22-26-12-16(7)11-21(8,9)23-18(24)10-17(20(23)25)27-15(5)6/h13-17H,10-12H2,1-9H3. The molecular weight excluding hydrogens is 360 g/mol. The van der Waals surface area contributed by atoms with Crippen LogP contribution in [0.25, 0.3) is 0 Å². The third kappa shape index (κ3) is 6.81. The van der Waals surface area contributed by atoms with Crippen LogP contribution in [0.5, 0.6) is 0 Å². The van der Waals surface area contributed by atoms with E-state index in [2.05, 4.69) is 53.6 Å². The van der Waals surface area contributed by atoms with E-state index in [0.29, 0.717) is 36.5 Å². The van der Waals surface area contributed by atoms with Crippen LogP contribution in [0.15, 0.2) is 5.16 Å². The molecule has 0 aromatic rings. The number of hydrogen-bond donors (Lipinski definition) is 0. The summed E-state index contributed by atoms with van der Waals surface area (Å²) in [6, 6.07) is 0. The van der Waals surface area contributed by atoms with E-state index in [0.717, 1.165) is 5.71 Å². The first-order valence-corrected chi connectivity index (χ1v) is 11.0. The summed E-state index contributed by atoms with van der Waals surface area (Å²) in [7, 11) is 0. The molecule has 1 rings (SSSR count). The first-order chi connectivity index (χ1) is 12.4. The highest BCUT2D eigenvalue weighted by molar-refractivity contribution is 8.01. The zero-order valence-corrected chi connectivity index (χ0v) is 19.4. The molecule has 6 heteroatoms. The second-order valence-electron chi connectivity index (χ2n) is 9.19. The van der Waals surface area contributed by atoms with Gasteiger partial charge in [-0.15, -0.1) is 11.8 Å². The minimum absolute atomic E-state index is 0.0447. The Balaban J connectivity index is 2.69. The number of rotatable bonds is 10. The van der Waals surface area contributed by atoms with Crippen molar-refractivity contribution in [1.29, 1.82) is 0 Å². The van der Waals surface area contributed by atoms with Crippen molar-refractivity contribution >= 4 is 29.3 Å². The van der Waals surface area contributed by atoms with Gasteiger partial charge in [0, 0.05) is 12.0 Å². The van der Waals surface area contributed by atoms with Crippen molar-refractivity contribution in [1.82, 2.24) is 4.90 Å². The zero-order valence-electron chi connectivity index (χ0n) is 18.5. The molecule has 1 fully saturated rings. The molecule has 156 valence electrons. The average Bonchev–Trinajstić information content (AvgIpc) is 2.76. The Morgan fingerprint density at radius 2 is 1.70 bits per heavy atom. The maximum Gasteiger partial charge on any atom is 0.243 e. The lowest BCUT2D eigenvalue weighted by molar-refractivity contribution is -0.145. The van der Waals surface area contributed by atoms with E-state index in [1.54, 1.807) is 11.8 Å². The first-order valence-electron chi connectivity index (χ1n) is 10.1. The van der Waals surface area contributed by atoms with E-state index in [1.165, 1.54) is 4.90 Å². The molecule has 0 aromatic carbocycles. The van der Waals surface area contributed by atoms with Gasteiger partial charge in [-0.2, -0.15) is 0 Å². The van der Waals surface area contributed by atoms with Gasteiger partial charge in [0.15, 0.2) is 0 Å². The van der Waals surface area contributed by atoms with Crippen LogP contribution in [-0.2, 0) is 14.4 Å². The predicted octanol–water partition coefficient (Wildman–Crippen LogP) is 4.74. The quantitative estimate of drug-likeness (QED) is 0.303. The lowest BCUT2D eigenvalue weighted by atomic mass is 9.90. The molecule has 2 amide bonds. The highest BCUT2D eigenvalue weighted by Gasteiger charge is 2.46. The van der Waals surface area contributed by atoms with Crippen LogP contribution >= 0.6 is 11.8 Å². The molecule has 0 radical (unpaired) electrons. The largest absolute Gasteiger partial charge is 0.396 e. The molecule has 27 heavy (non-hydrogen) atoms. The molecule has 1 heterocycles. The van der Waals surface area contributed by atoms with E-state index >= 15 is 0 Å². The van der Waals surface area contributed by atoms with Crippen LogP contribution in [0.4, 0.5) is 0 Å². The number of hydrogen-bond acceptors (Lipinski definition) is 5. The molecule has 5 nitrogen and oxygen atoms in total. The minimum Gasteiger partial charge on any atom is -0.396 e. The Hall–Kier alpha value is -1.04. The van der Waals surface area contributed by atoms with Gasteiger partial charge in [0.2, 0.25) is 11.8 Å². The first kappa shape index (κ1) is 24.0. The summed E-state index contributed by atoms with van der Waals surface area (Å²) in [5, 5.41) is 4.42. The maximum atomic E-state index is 12.8. The van der Waals surface area contributed by atoms with Crippen molar-refractivity contribution in [3.63, 3.8) is 0 Å². The van der Waals surface area contributed by atoms with Crippen molar-refractivity contribution in [2.75, 3.05) is 6.61 Å². The number of likely N-dealkylation sites (tertiary alicyclic amines) is 1. The third-order valence-corrected chi connectivity index (χ3v) is 5.95. The Kier molecular flexibility index (Phi) is 8.84. The summed E-state index contributed by atoms with van der Waals surface area (Å²) in [4.78, 5) is 32.4. The number of oxime groups is 1. The molecule has 0 N–H and O–H groups in total. The fourth-order valence-corrected chi connectivity index (χ4v) is 4.91. The molecule has 1 saturated heterocycles. The monoisotopic (exact) mass is 398 g/mol. The Labute approximate surface area is 169 Å². The lowest BCUT2D eigenvalue weighted by Crippen LogP contribution is -2.49. The topological polar surface area (TPSA) is 59.0 Å².